The van der Waals surface area contributed by atoms with Crippen LogP contribution in [0.1, 0.15) is 5.56 Å². The highest BCUT2D eigenvalue weighted by atomic mass is 16.5. The van der Waals surface area contributed by atoms with Gasteiger partial charge in [-0.2, -0.15) is 0 Å². The van der Waals surface area contributed by atoms with Gasteiger partial charge in [-0.1, -0.05) is 23.8 Å². The second-order valence-electron chi connectivity index (χ2n) is 4.78. The Labute approximate surface area is 112 Å². The van der Waals surface area contributed by atoms with Crippen LogP contribution in [-0.2, 0) is 7.05 Å². The Morgan fingerprint density at radius 3 is 2.53 bits per heavy atom. The molecule has 2 aromatic carbocycles. The Bertz CT molecular complexity index is 717. The Hall–Kier alpha value is -2.35. The van der Waals surface area contributed by atoms with E-state index in [9.17, 15) is 0 Å². The summed E-state index contributed by atoms with van der Waals surface area (Å²) in [5, 5.41) is 2.30. The quantitative estimate of drug-likeness (QED) is 0.631. The zero-order valence-electron chi connectivity index (χ0n) is 11.1. The molecule has 0 saturated carbocycles. The molecular formula is C17H16NO+. The zero-order valence-corrected chi connectivity index (χ0v) is 11.1. The number of hydrogen-bond acceptors (Lipinski definition) is 1. The van der Waals surface area contributed by atoms with Crippen LogP contribution < -0.4 is 9.30 Å². The van der Waals surface area contributed by atoms with Crippen LogP contribution in [0.2, 0.25) is 0 Å². The molecule has 0 N–H and O–H groups in total. The summed E-state index contributed by atoms with van der Waals surface area (Å²) in [4.78, 5) is 0. The molecule has 2 nitrogen and oxygen atoms in total. The van der Waals surface area contributed by atoms with E-state index >= 15 is 0 Å². The highest BCUT2D eigenvalue weighted by Gasteiger charge is 2.06. The second-order valence-corrected chi connectivity index (χ2v) is 4.78. The van der Waals surface area contributed by atoms with Crippen LogP contribution in [0, 0.1) is 6.92 Å². The van der Waals surface area contributed by atoms with E-state index in [4.69, 9.17) is 4.74 Å². The van der Waals surface area contributed by atoms with Gasteiger partial charge >= 0.3 is 0 Å². The fraction of sp³-hybridized carbons (Fsp3) is 0.118. The van der Waals surface area contributed by atoms with Gasteiger partial charge in [0.2, 0.25) is 0 Å². The van der Waals surface area contributed by atoms with Crippen molar-refractivity contribution in [3.05, 3.63) is 66.5 Å². The van der Waals surface area contributed by atoms with E-state index < -0.39 is 0 Å². The third-order valence-electron chi connectivity index (χ3n) is 3.17. The number of benzene rings is 2. The number of ether oxygens (including phenoxy) is 1. The molecule has 0 aliphatic heterocycles. The lowest BCUT2D eigenvalue weighted by molar-refractivity contribution is -0.670. The average Bonchev–Trinajstić information content (AvgIpc) is 2.41. The summed E-state index contributed by atoms with van der Waals surface area (Å²) in [7, 11) is 2.02. The summed E-state index contributed by atoms with van der Waals surface area (Å²) in [5.41, 5.74) is 1.23. The van der Waals surface area contributed by atoms with Gasteiger partial charge in [0, 0.05) is 16.8 Å². The number of rotatable bonds is 2. The highest BCUT2D eigenvalue weighted by molar-refractivity contribution is 5.87. The van der Waals surface area contributed by atoms with Gasteiger partial charge < -0.3 is 4.74 Å². The maximum Gasteiger partial charge on any atom is 0.176 e. The molecule has 0 amide bonds. The van der Waals surface area contributed by atoms with Gasteiger partial charge in [-0.05, 0) is 31.2 Å². The first-order chi connectivity index (χ1) is 9.22. The number of nitrogens with zero attached hydrogens (tertiary/aromatic N) is 1. The Morgan fingerprint density at radius 2 is 1.74 bits per heavy atom. The molecule has 2 heteroatoms. The molecule has 1 heterocycles. The largest absolute Gasteiger partial charge is 0.457 e. The van der Waals surface area contributed by atoms with E-state index in [0.29, 0.717) is 0 Å². The summed E-state index contributed by atoms with van der Waals surface area (Å²) >= 11 is 0. The molecule has 0 spiro atoms. The summed E-state index contributed by atoms with van der Waals surface area (Å²) < 4.78 is 8.02. The predicted molar refractivity (Wildman–Crippen MR) is 76.4 cm³/mol. The van der Waals surface area contributed by atoms with Crippen LogP contribution in [0.15, 0.2) is 60.9 Å². The monoisotopic (exact) mass is 250 g/mol. The van der Waals surface area contributed by atoms with Crippen molar-refractivity contribution in [2.45, 2.75) is 6.92 Å². The summed E-state index contributed by atoms with van der Waals surface area (Å²) in [5.74, 6) is 1.76. The molecule has 0 bridgehead atoms. The van der Waals surface area contributed by atoms with Gasteiger partial charge in [0.1, 0.15) is 18.5 Å². The van der Waals surface area contributed by atoms with Crippen molar-refractivity contribution in [2.75, 3.05) is 0 Å². The molecular weight excluding hydrogens is 234 g/mol. The lowest BCUT2D eigenvalue weighted by Gasteiger charge is -2.08. The van der Waals surface area contributed by atoms with Crippen LogP contribution in [-0.4, -0.2) is 0 Å². The maximum absolute atomic E-state index is 5.98. The number of aryl methyl sites for hydroxylation is 2. The zero-order chi connectivity index (χ0) is 13.2. The minimum Gasteiger partial charge on any atom is -0.457 e. The molecule has 19 heavy (non-hydrogen) atoms. The number of hydrogen-bond donors (Lipinski definition) is 0. The number of fused-ring (bicyclic) bond motifs is 1. The van der Waals surface area contributed by atoms with Gasteiger partial charge in [0.15, 0.2) is 12.4 Å². The molecule has 3 aromatic rings. The van der Waals surface area contributed by atoms with Crippen LogP contribution in [0.4, 0.5) is 0 Å². The van der Waals surface area contributed by atoms with E-state index in [2.05, 4.69) is 37.4 Å². The van der Waals surface area contributed by atoms with Crippen molar-refractivity contribution in [3.8, 4) is 11.5 Å². The van der Waals surface area contributed by atoms with E-state index in [0.717, 1.165) is 16.9 Å². The first-order valence-electron chi connectivity index (χ1n) is 6.35. The summed E-state index contributed by atoms with van der Waals surface area (Å²) in [6.45, 7) is 2.07. The molecule has 0 aliphatic carbocycles. The van der Waals surface area contributed by atoms with E-state index in [-0.39, 0.29) is 0 Å². The van der Waals surface area contributed by atoms with Crippen molar-refractivity contribution >= 4 is 10.8 Å². The van der Waals surface area contributed by atoms with Gasteiger partial charge in [-0.25, -0.2) is 4.57 Å². The first kappa shape index (κ1) is 11.7. The molecule has 0 radical (unpaired) electrons. The van der Waals surface area contributed by atoms with Crippen molar-refractivity contribution in [3.63, 3.8) is 0 Å². The second kappa shape index (κ2) is 4.73. The minimum atomic E-state index is 0.867. The third kappa shape index (κ3) is 2.43. The summed E-state index contributed by atoms with van der Waals surface area (Å²) in [6, 6.07) is 16.3. The average molecular weight is 250 g/mol. The van der Waals surface area contributed by atoms with Crippen LogP contribution in [0.5, 0.6) is 11.5 Å². The molecule has 0 saturated heterocycles. The summed E-state index contributed by atoms with van der Waals surface area (Å²) in [6.07, 6.45) is 4.13. The van der Waals surface area contributed by atoms with Crippen molar-refractivity contribution in [2.24, 2.45) is 7.05 Å². The Balaban J connectivity index is 2.03. The van der Waals surface area contributed by atoms with Gasteiger partial charge in [-0.3, -0.25) is 0 Å². The van der Waals surface area contributed by atoms with Crippen molar-refractivity contribution in [1.82, 2.24) is 0 Å². The Morgan fingerprint density at radius 1 is 0.947 bits per heavy atom. The van der Waals surface area contributed by atoms with Crippen molar-refractivity contribution < 1.29 is 9.30 Å². The lowest BCUT2D eigenvalue weighted by Crippen LogP contribution is -2.25. The first-order valence-corrected chi connectivity index (χ1v) is 6.35. The SMILES string of the molecule is Cc1ccc(Oc2cccc3c[n+](C)ccc23)cc1. The molecule has 3 rings (SSSR count). The highest BCUT2D eigenvalue weighted by Crippen LogP contribution is 2.29. The fourth-order valence-corrected chi connectivity index (χ4v) is 2.13. The third-order valence-corrected chi connectivity index (χ3v) is 3.17. The molecule has 0 fully saturated rings. The number of aromatic nitrogens is 1. The molecule has 0 atom stereocenters. The van der Waals surface area contributed by atoms with E-state index in [1.54, 1.807) is 0 Å². The normalized spacial score (nSPS) is 10.6. The van der Waals surface area contributed by atoms with Crippen LogP contribution in [0.25, 0.3) is 10.8 Å². The Kier molecular flexibility index (Phi) is 2.92. The van der Waals surface area contributed by atoms with E-state index in [1.165, 1.54) is 10.9 Å². The van der Waals surface area contributed by atoms with E-state index in [1.807, 2.05) is 42.1 Å². The molecule has 0 unspecified atom stereocenters. The van der Waals surface area contributed by atoms with Gasteiger partial charge in [0.05, 0.1) is 0 Å². The predicted octanol–water partition coefficient (Wildman–Crippen LogP) is 3.77. The van der Waals surface area contributed by atoms with Gasteiger partial charge in [0.25, 0.3) is 0 Å². The molecule has 1 aromatic heterocycles. The lowest BCUT2D eigenvalue weighted by atomic mass is 10.1. The standard InChI is InChI=1S/C17H16NO/c1-13-6-8-15(9-7-13)19-17-5-3-4-14-12-18(2)11-10-16(14)17/h3-12H,1-2H3/q+1. The smallest absolute Gasteiger partial charge is 0.176 e. The van der Waals surface area contributed by atoms with Crippen molar-refractivity contribution in [1.29, 1.82) is 0 Å². The number of pyridine rings is 1. The molecule has 0 aliphatic rings. The minimum absolute atomic E-state index is 0.867. The molecule has 94 valence electrons. The topological polar surface area (TPSA) is 13.1 Å². The fourth-order valence-electron chi connectivity index (χ4n) is 2.13. The van der Waals surface area contributed by atoms with Crippen LogP contribution in [0.3, 0.4) is 0 Å². The van der Waals surface area contributed by atoms with Crippen LogP contribution >= 0.6 is 0 Å². The maximum atomic E-state index is 5.98. The van der Waals surface area contributed by atoms with Gasteiger partial charge in [-0.15, -0.1) is 0 Å².